The third-order valence-corrected chi connectivity index (χ3v) is 5.53. The van der Waals surface area contributed by atoms with Gasteiger partial charge in [-0.3, -0.25) is 14.6 Å². The Morgan fingerprint density at radius 1 is 1.10 bits per heavy atom. The second-order valence-corrected chi connectivity index (χ2v) is 7.58. The van der Waals surface area contributed by atoms with Crippen LogP contribution in [0.25, 0.3) is 5.69 Å². The van der Waals surface area contributed by atoms with Gasteiger partial charge in [-0.2, -0.15) is 4.98 Å². The van der Waals surface area contributed by atoms with E-state index in [1.807, 2.05) is 13.0 Å². The highest BCUT2D eigenvalue weighted by atomic mass is 19.1. The minimum Gasteiger partial charge on any atom is -0.299 e. The third-order valence-electron chi connectivity index (χ3n) is 5.53. The Labute approximate surface area is 175 Å². The summed E-state index contributed by atoms with van der Waals surface area (Å²) in [6.45, 7) is 4.63. The average molecular weight is 407 g/mol. The fourth-order valence-electron chi connectivity index (χ4n) is 3.91. The van der Waals surface area contributed by atoms with Gasteiger partial charge < -0.3 is 0 Å². The molecule has 7 heteroatoms. The molecule has 156 valence electrons. The minimum atomic E-state index is -0.302. The largest absolute Gasteiger partial charge is 0.299 e. The summed E-state index contributed by atoms with van der Waals surface area (Å²) in [5, 5.41) is 4.52. The molecule has 0 saturated carbocycles. The number of hydrogen-bond acceptors (Lipinski definition) is 4. The maximum absolute atomic E-state index is 13.2. The first-order valence-corrected chi connectivity index (χ1v) is 10.4. The van der Waals surface area contributed by atoms with Gasteiger partial charge in [0.2, 0.25) is 5.91 Å². The summed E-state index contributed by atoms with van der Waals surface area (Å²) in [5.74, 6) is 0.130. The molecule has 4 rings (SSSR count). The minimum absolute atomic E-state index is 0.0216. The lowest BCUT2D eigenvalue weighted by Crippen LogP contribution is -2.47. The number of aromatic nitrogens is 3. The highest BCUT2D eigenvalue weighted by Crippen LogP contribution is 2.23. The van der Waals surface area contributed by atoms with Gasteiger partial charge in [-0.05, 0) is 42.7 Å². The van der Waals surface area contributed by atoms with Crippen molar-refractivity contribution in [1.29, 1.82) is 0 Å². The van der Waals surface area contributed by atoms with E-state index in [1.54, 1.807) is 28.0 Å². The Kier molecular flexibility index (Phi) is 6.18. The summed E-state index contributed by atoms with van der Waals surface area (Å²) < 4.78 is 14.8. The Bertz CT molecular complexity index is 965. The van der Waals surface area contributed by atoms with Crippen LogP contribution in [0.15, 0.2) is 60.9 Å². The van der Waals surface area contributed by atoms with Crippen LogP contribution in [0.2, 0.25) is 0 Å². The van der Waals surface area contributed by atoms with Crippen LogP contribution in [-0.4, -0.2) is 44.7 Å². The number of likely N-dealkylation sites (tertiary alicyclic amines) is 1. The van der Waals surface area contributed by atoms with E-state index in [0.717, 1.165) is 32.5 Å². The zero-order chi connectivity index (χ0) is 20.9. The van der Waals surface area contributed by atoms with Gasteiger partial charge in [-0.1, -0.05) is 37.3 Å². The van der Waals surface area contributed by atoms with Crippen LogP contribution < -0.4 is 4.90 Å². The van der Waals surface area contributed by atoms with Crippen molar-refractivity contribution in [3.63, 3.8) is 0 Å². The fraction of sp³-hybridized carbons (Fsp3) is 0.348. The van der Waals surface area contributed by atoms with Crippen molar-refractivity contribution in [3.05, 3.63) is 72.3 Å². The molecule has 3 aromatic rings. The topological polar surface area (TPSA) is 54.3 Å². The van der Waals surface area contributed by atoms with Crippen LogP contribution in [0.3, 0.4) is 0 Å². The van der Waals surface area contributed by atoms with E-state index >= 15 is 0 Å². The molecule has 1 aliphatic rings. The molecule has 0 N–H and O–H groups in total. The lowest BCUT2D eigenvalue weighted by molar-refractivity contribution is -0.119. The number of anilines is 1. The molecule has 6 nitrogen and oxygen atoms in total. The van der Waals surface area contributed by atoms with Crippen molar-refractivity contribution in [2.24, 2.45) is 0 Å². The Balaban J connectivity index is 1.46. The lowest BCUT2D eigenvalue weighted by Gasteiger charge is -2.37. The van der Waals surface area contributed by atoms with Crippen LogP contribution >= 0.6 is 0 Å². The average Bonchev–Trinajstić information content (AvgIpc) is 3.26. The predicted molar refractivity (Wildman–Crippen MR) is 114 cm³/mol. The molecule has 1 fully saturated rings. The molecular formula is C23H26FN5O. The highest BCUT2D eigenvalue weighted by molar-refractivity contribution is 5.91. The summed E-state index contributed by atoms with van der Waals surface area (Å²) in [4.78, 5) is 21.3. The van der Waals surface area contributed by atoms with Gasteiger partial charge in [0, 0.05) is 32.1 Å². The number of piperidine rings is 1. The molecule has 0 bridgehead atoms. The van der Waals surface area contributed by atoms with E-state index in [1.165, 1.54) is 17.7 Å². The maximum atomic E-state index is 13.2. The Morgan fingerprint density at radius 3 is 2.47 bits per heavy atom. The van der Waals surface area contributed by atoms with E-state index in [-0.39, 0.29) is 17.8 Å². The number of nitrogens with zero attached hydrogens (tertiary/aromatic N) is 5. The quantitative estimate of drug-likeness (QED) is 0.624. The molecule has 0 spiro atoms. The number of halogens is 1. The van der Waals surface area contributed by atoms with Gasteiger partial charge >= 0.3 is 0 Å². The number of carbonyl (C=O) groups excluding carboxylic acids is 1. The summed E-state index contributed by atoms with van der Waals surface area (Å²) in [6, 6.07) is 16.6. The first-order chi connectivity index (χ1) is 14.6. The van der Waals surface area contributed by atoms with Crippen LogP contribution in [0, 0.1) is 5.82 Å². The van der Waals surface area contributed by atoms with Gasteiger partial charge in [-0.15, -0.1) is 5.10 Å². The molecule has 1 aromatic heterocycles. The van der Waals surface area contributed by atoms with Crippen molar-refractivity contribution in [3.8, 4) is 5.69 Å². The van der Waals surface area contributed by atoms with Crippen molar-refractivity contribution < 1.29 is 9.18 Å². The summed E-state index contributed by atoms with van der Waals surface area (Å²) in [7, 11) is 0. The standard InChI is InChI=1S/C23H26FN5O/c1-2-22(30)29(23-25-17-28(26-23)20-10-8-19(24)9-11-20)21-12-14-27(15-13-21)16-18-6-4-3-5-7-18/h3-11,17,21H,2,12-16H2,1H3. The van der Waals surface area contributed by atoms with Gasteiger partial charge in [0.1, 0.15) is 12.1 Å². The first-order valence-electron chi connectivity index (χ1n) is 10.4. The van der Waals surface area contributed by atoms with E-state index in [2.05, 4.69) is 39.2 Å². The van der Waals surface area contributed by atoms with Crippen molar-refractivity contribution >= 4 is 11.9 Å². The normalized spacial score (nSPS) is 15.3. The lowest BCUT2D eigenvalue weighted by atomic mass is 10.0. The highest BCUT2D eigenvalue weighted by Gasteiger charge is 2.30. The Morgan fingerprint density at radius 2 is 1.80 bits per heavy atom. The smallest absolute Gasteiger partial charge is 0.252 e. The summed E-state index contributed by atoms with van der Waals surface area (Å²) in [6.07, 6.45) is 3.73. The van der Waals surface area contributed by atoms with Crippen LogP contribution in [0.5, 0.6) is 0 Å². The molecule has 0 atom stereocenters. The van der Waals surface area contributed by atoms with Crippen LogP contribution in [-0.2, 0) is 11.3 Å². The number of carbonyl (C=O) groups is 1. The summed E-state index contributed by atoms with van der Waals surface area (Å²) in [5.41, 5.74) is 2.01. The van der Waals surface area contributed by atoms with Crippen LogP contribution in [0.4, 0.5) is 10.3 Å². The SMILES string of the molecule is CCC(=O)N(c1ncn(-c2ccc(F)cc2)n1)C1CCN(Cc2ccccc2)CC1. The second-order valence-electron chi connectivity index (χ2n) is 7.58. The molecule has 2 aromatic carbocycles. The van der Waals surface area contributed by atoms with Gasteiger partial charge in [0.25, 0.3) is 5.95 Å². The second kappa shape index (κ2) is 9.17. The number of benzene rings is 2. The molecule has 0 unspecified atom stereocenters. The molecular weight excluding hydrogens is 381 g/mol. The zero-order valence-corrected chi connectivity index (χ0v) is 17.1. The van der Waals surface area contributed by atoms with Crippen molar-refractivity contribution in [1.82, 2.24) is 19.7 Å². The van der Waals surface area contributed by atoms with Gasteiger partial charge in [0.15, 0.2) is 0 Å². The number of amides is 1. The van der Waals surface area contributed by atoms with Gasteiger partial charge in [-0.25, -0.2) is 9.07 Å². The van der Waals surface area contributed by atoms with E-state index < -0.39 is 0 Å². The van der Waals surface area contributed by atoms with Crippen molar-refractivity contribution in [2.45, 2.75) is 38.8 Å². The molecule has 0 radical (unpaired) electrons. The number of rotatable bonds is 6. The summed E-state index contributed by atoms with van der Waals surface area (Å²) >= 11 is 0. The first kappa shape index (κ1) is 20.2. The molecule has 1 saturated heterocycles. The molecule has 1 amide bonds. The monoisotopic (exact) mass is 407 g/mol. The molecule has 30 heavy (non-hydrogen) atoms. The predicted octanol–water partition coefficient (Wildman–Crippen LogP) is 3.81. The maximum Gasteiger partial charge on any atom is 0.252 e. The fourth-order valence-corrected chi connectivity index (χ4v) is 3.91. The molecule has 2 heterocycles. The van der Waals surface area contributed by atoms with E-state index in [9.17, 15) is 9.18 Å². The van der Waals surface area contributed by atoms with Crippen molar-refractivity contribution in [2.75, 3.05) is 18.0 Å². The van der Waals surface area contributed by atoms with E-state index in [4.69, 9.17) is 0 Å². The Hall–Kier alpha value is -3.06. The number of hydrogen-bond donors (Lipinski definition) is 0. The van der Waals surface area contributed by atoms with Crippen LogP contribution in [0.1, 0.15) is 31.7 Å². The third kappa shape index (κ3) is 4.57. The molecule has 0 aliphatic carbocycles. The molecule has 1 aliphatic heterocycles. The zero-order valence-electron chi connectivity index (χ0n) is 17.1. The van der Waals surface area contributed by atoms with Gasteiger partial charge in [0.05, 0.1) is 5.69 Å². The van der Waals surface area contributed by atoms with E-state index in [0.29, 0.717) is 18.1 Å².